The maximum absolute atomic E-state index is 12.3. The van der Waals surface area contributed by atoms with Crippen LogP contribution in [0.15, 0.2) is 66.9 Å². The predicted octanol–water partition coefficient (Wildman–Crippen LogP) is 4.13. The van der Waals surface area contributed by atoms with Gasteiger partial charge in [-0.25, -0.2) is 0 Å². The number of hydrogen-bond acceptors (Lipinski definition) is 5. The van der Waals surface area contributed by atoms with Crippen LogP contribution in [0.4, 0.5) is 11.4 Å². The molecule has 0 spiro atoms. The molecule has 0 aliphatic carbocycles. The number of aromatic nitrogens is 3. The fourth-order valence-corrected chi connectivity index (χ4v) is 3.05. The molecule has 1 amide bonds. The zero-order chi connectivity index (χ0) is 20.8. The molecule has 30 heavy (non-hydrogen) atoms. The molecular formula is C23H18N6O. The predicted molar refractivity (Wildman–Crippen MR) is 117 cm³/mol. The van der Waals surface area contributed by atoms with Gasteiger partial charge in [-0.2, -0.15) is 10.4 Å². The number of pyridine rings is 1. The van der Waals surface area contributed by atoms with Crippen molar-refractivity contribution in [3.63, 3.8) is 0 Å². The lowest BCUT2D eigenvalue weighted by molar-refractivity contribution is 0.0959. The number of amides is 1. The molecule has 0 aliphatic heterocycles. The van der Waals surface area contributed by atoms with Crippen LogP contribution in [0.1, 0.15) is 21.7 Å². The molecule has 7 heteroatoms. The second-order valence-electron chi connectivity index (χ2n) is 6.47. The van der Waals surface area contributed by atoms with Gasteiger partial charge in [0.25, 0.3) is 5.91 Å². The van der Waals surface area contributed by atoms with Crippen LogP contribution in [-0.4, -0.2) is 27.6 Å². The Morgan fingerprint density at radius 1 is 1.10 bits per heavy atom. The van der Waals surface area contributed by atoms with E-state index in [2.05, 4.69) is 25.8 Å². The number of nitriles is 1. The molecule has 3 N–H and O–H groups in total. The smallest absolute Gasteiger partial charge is 0.254 e. The quantitative estimate of drug-likeness (QED) is 0.426. The van der Waals surface area contributed by atoms with Gasteiger partial charge >= 0.3 is 0 Å². The van der Waals surface area contributed by atoms with Gasteiger partial charge in [0.2, 0.25) is 0 Å². The van der Waals surface area contributed by atoms with Crippen LogP contribution in [0.25, 0.3) is 23.1 Å². The van der Waals surface area contributed by atoms with Gasteiger partial charge in [0, 0.05) is 17.3 Å². The van der Waals surface area contributed by atoms with Crippen molar-refractivity contribution in [3.05, 3.63) is 83.8 Å². The number of hydrogen-bond donors (Lipinski definition) is 3. The van der Waals surface area contributed by atoms with Gasteiger partial charge in [0.05, 0.1) is 34.2 Å². The van der Waals surface area contributed by atoms with E-state index >= 15 is 0 Å². The first-order chi connectivity index (χ1) is 14.7. The minimum absolute atomic E-state index is 0.0396. The van der Waals surface area contributed by atoms with Crippen molar-refractivity contribution >= 4 is 40.3 Å². The number of anilines is 2. The molecule has 0 unspecified atom stereocenters. The van der Waals surface area contributed by atoms with E-state index in [1.165, 1.54) is 0 Å². The lowest BCUT2D eigenvalue weighted by atomic mass is 10.1. The Bertz CT molecular complexity index is 1250. The van der Waals surface area contributed by atoms with Crippen LogP contribution in [-0.2, 0) is 0 Å². The molecule has 4 aromatic rings. The Balaban J connectivity index is 1.57. The highest BCUT2D eigenvalue weighted by Crippen LogP contribution is 2.25. The third kappa shape index (κ3) is 4.18. The van der Waals surface area contributed by atoms with E-state index in [9.17, 15) is 4.79 Å². The molecule has 2 aromatic heterocycles. The summed E-state index contributed by atoms with van der Waals surface area (Å²) in [5, 5.41) is 22.9. The number of fused-ring (bicyclic) bond motifs is 1. The zero-order valence-electron chi connectivity index (χ0n) is 16.0. The molecule has 0 aliphatic rings. The Morgan fingerprint density at radius 3 is 2.80 bits per heavy atom. The van der Waals surface area contributed by atoms with Crippen molar-refractivity contribution in [2.24, 2.45) is 0 Å². The summed E-state index contributed by atoms with van der Waals surface area (Å²) in [6, 6.07) is 20.6. The minimum atomic E-state index is -0.302. The van der Waals surface area contributed by atoms with E-state index in [4.69, 9.17) is 5.26 Å². The lowest BCUT2D eigenvalue weighted by Crippen LogP contribution is -2.24. The van der Waals surface area contributed by atoms with E-state index < -0.39 is 0 Å². The molecule has 0 saturated heterocycles. The SMILES string of the molecule is N#CCNC(=O)c1ccccc1Nc1ccc2c(/C=C/c3ccccn3)n[nH]c2c1. The van der Waals surface area contributed by atoms with Crippen molar-refractivity contribution in [2.75, 3.05) is 11.9 Å². The molecule has 146 valence electrons. The Hall–Kier alpha value is -4.44. The van der Waals surface area contributed by atoms with Crippen molar-refractivity contribution in [1.29, 1.82) is 5.26 Å². The van der Waals surface area contributed by atoms with Crippen LogP contribution in [0.2, 0.25) is 0 Å². The molecular weight excluding hydrogens is 376 g/mol. The van der Waals surface area contributed by atoms with Crippen molar-refractivity contribution in [2.45, 2.75) is 0 Å². The zero-order valence-corrected chi connectivity index (χ0v) is 16.0. The number of aromatic amines is 1. The van der Waals surface area contributed by atoms with Crippen LogP contribution in [0.5, 0.6) is 0 Å². The summed E-state index contributed by atoms with van der Waals surface area (Å²) >= 11 is 0. The number of H-pyrrole nitrogens is 1. The summed E-state index contributed by atoms with van der Waals surface area (Å²) in [6.45, 7) is -0.0396. The standard InChI is InChI=1S/C23H18N6O/c24-12-14-26-23(30)19-6-1-2-7-20(19)27-17-8-10-18-21(28-29-22(18)15-17)11-9-16-5-3-4-13-25-16/h1-11,13,15,27H,14H2,(H,26,30)(H,28,29)/b11-9+. The highest BCUT2D eigenvalue weighted by molar-refractivity contribution is 6.00. The second kappa shape index (κ2) is 8.71. The highest BCUT2D eigenvalue weighted by Gasteiger charge is 2.11. The Morgan fingerprint density at radius 2 is 1.97 bits per heavy atom. The van der Waals surface area contributed by atoms with Crippen LogP contribution >= 0.6 is 0 Å². The molecule has 4 rings (SSSR count). The second-order valence-corrected chi connectivity index (χ2v) is 6.47. The molecule has 0 bridgehead atoms. The number of carbonyl (C=O) groups excluding carboxylic acids is 1. The summed E-state index contributed by atoms with van der Waals surface area (Å²) in [4.78, 5) is 16.6. The Kier molecular flexibility index (Phi) is 5.49. The van der Waals surface area contributed by atoms with Crippen molar-refractivity contribution in [3.8, 4) is 6.07 Å². The van der Waals surface area contributed by atoms with Gasteiger partial charge < -0.3 is 10.6 Å². The molecule has 0 fully saturated rings. The average Bonchev–Trinajstić information content (AvgIpc) is 3.19. The number of benzene rings is 2. The molecule has 2 aromatic carbocycles. The molecule has 0 saturated carbocycles. The molecule has 0 atom stereocenters. The van der Waals surface area contributed by atoms with Gasteiger partial charge in [0.15, 0.2) is 0 Å². The van der Waals surface area contributed by atoms with E-state index in [-0.39, 0.29) is 12.5 Å². The summed E-state index contributed by atoms with van der Waals surface area (Å²) < 4.78 is 0. The minimum Gasteiger partial charge on any atom is -0.355 e. The fourth-order valence-electron chi connectivity index (χ4n) is 3.05. The monoisotopic (exact) mass is 394 g/mol. The normalized spacial score (nSPS) is 10.8. The fraction of sp³-hybridized carbons (Fsp3) is 0.0435. The first-order valence-corrected chi connectivity index (χ1v) is 9.33. The van der Waals surface area contributed by atoms with Gasteiger partial charge in [-0.3, -0.25) is 14.9 Å². The maximum atomic E-state index is 12.3. The number of rotatable bonds is 6. The van der Waals surface area contributed by atoms with Crippen LogP contribution in [0.3, 0.4) is 0 Å². The van der Waals surface area contributed by atoms with E-state index in [0.717, 1.165) is 28.0 Å². The van der Waals surface area contributed by atoms with E-state index in [1.807, 2.05) is 66.8 Å². The third-order valence-corrected chi connectivity index (χ3v) is 4.47. The summed E-state index contributed by atoms with van der Waals surface area (Å²) in [5.74, 6) is -0.302. The highest BCUT2D eigenvalue weighted by atomic mass is 16.1. The number of nitrogens with zero attached hydrogens (tertiary/aromatic N) is 3. The molecule has 2 heterocycles. The largest absolute Gasteiger partial charge is 0.355 e. The number of nitrogens with one attached hydrogen (secondary N) is 3. The number of carbonyl (C=O) groups is 1. The molecule has 0 radical (unpaired) electrons. The first kappa shape index (κ1) is 18.9. The van der Waals surface area contributed by atoms with E-state index in [0.29, 0.717) is 11.3 Å². The van der Waals surface area contributed by atoms with Crippen molar-refractivity contribution in [1.82, 2.24) is 20.5 Å². The lowest BCUT2D eigenvalue weighted by Gasteiger charge is -2.11. The van der Waals surface area contributed by atoms with Gasteiger partial charge in [-0.1, -0.05) is 18.2 Å². The Labute approximate surface area is 173 Å². The topological polar surface area (TPSA) is 106 Å². The van der Waals surface area contributed by atoms with E-state index in [1.54, 1.807) is 18.3 Å². The summed E-state index contributed by atoms with van der Waals surface area (Å²) in [7, 11) is 0. The van der Waals surface area contributed by atoms with Crippen molar-refractivity contribution < 1.29 is 4.79 Å². The third-order valence-electron chi connectivity index (χ3n) is 4.47. The summed E-state index contributed by atoms with van der Waals surface area (Å²) in [6.07, 6.45) is 5.58. The number of para-hydroxylation sites is 1. The first-order valence-electron chi connectivity index (χ1n) is 9.33. The van der Waals surface area contributed by atoms with Gasteiger partial charge in [0.1, 0.15) is 6.54 Å². The van der Waals surface area contributed by atoms with Gasteiger partial charge in [-0.05, 0) is 54.6 Å². The maximum Gasteiger partial charge on any atom is 0.254 e. The molecule has 7 nitrogen and oxygen atoms in total. The van der Waals surface area contributed by atoms with Crippen LogP contribution in [0, 0.1) is 11.3 Å². The summed E-state index contributed by atoms with van der Waals surface area (Å²) in [5.41, 5.74) is 4.48. The average molecular weight is 394 g/mol. The van der Waals surface area contributed by atoms with Gasteiger partial charge in [-0.15, -0.1) is 0 Å². The van der Waals surface area contributed by atoms with Crippen LogP contribution < -0.4 is 10.6 Å².